The van der Waals surface area contributed by atoms with Crippen molar-refractivity contribution >= 4 is 41.5 Å². The Balaban J connectivity index is 1.76. The summed E-state index contributed by atoms with van der Waals surface area (Å²) in [5, 5.41) is 16.5. The van der Waals surface area contributed by atoms with Crippen LogP contribution in [0.3, 0.4) is 0 Å². The number of amides is 4. The van der Waals surface area contributed by atoms with Crippen molar-refractivity contribution in [2.24, 2.45) is 11.8 Å². The van der Waals surface area contributed by atoms with Crippen LogP contribution in [0.1, 0.15) is 88.6 Å². The number of carbonyl (C=O) groups excluding carboxylic acids is 4. The number of carboxylic acid groups (broad SMARTS) is 1. The Labute approximate surface area is 294 Å². The van der Waals surface area contributed by atoms with E-state index in [1.54, 1.807) is 25.6 Å². The van der Waals surface area contributed by atoms with Gasteiger partial charge in [-0.05, 0) is 49.7 Å². The van der Waals surface area contributed by atoms with Crippen molar-refractivity contribution in [3.63, 3.8) is 0 Å². The van der Waals surface area contributed by atoms with E-state index in [1.165, 1.54) is 4.90 Å². The molecule has 0 bridgehead atoms. The predicted molar refractivity (Wildman–Crippen MR) is 179 cm³/mol. The number of likely N-dealkylation sites (tertiary alicyclic amines) is 1. The molecule has 4 N–H and O–H groups in total. The highest BCUT2D eigenvalue weighted by atomic mass is 32.2. The lowest BCUT2D eigenvalue weighted by Crippen LogP contribution is -2.57. The fraction of sp³-hybridized carbons (Fsp3) is 0.676. The van der Waals surface area contributed by atoms with Crippen molar-refractivity contribution in [2.75, 3.05) is 19.7 Å². The summed E-state index contributed by atoms with van der Waals surface area (Å²) in [6, 6.07) is -2.65. The van der Waals surface area contributed by atoms with Gasteiger partial charge in [-0.25, -0.2) is 27.2 Å². The summed E-state index contributed by atoms with van der Waals surface area (Å²) in [5.74, 6) is -6.56. The topological polar surface area (TPSA) is 154 Å². The molecule has 0 aromatic heterocycles. The van der Waals surface area contributed by atoms with Gasteiger partial charge in [0.15, 0.2) is 0 Å². The predicted octanol–water partition coefficient (Wildman–Crippen LogP) is 4.90. The summed E-state index contributed by atoms with van der Waals surface area (Å²) in [4.78, 5) is 65.7. The molecule has 16 heteroatoms. The maximum atomic E-state index is 14.4. The van der Waals surface area contributed by atoms with E-state index in [0.29, 0.717) is 17.4 Å². The molecule has 50 heavy (non-hydrogen) atoms. The molecule has 1 aromatic rings. The van der Waals surface area contributed by atoms with E-state index in [0.717, 1.165) is 32.1 Å². The summed E-state index contributed by atoms with van der Waals surface area (Å²) in [6.45, 7) is 7.08. The quantitative estimate of drug-likeness (QED) is 0.175. The fourth-order valence-corrected chi connectivity index (χ4v) is 7.73. The second kappa shape index (κ2) is 19.2. The van der Waals surface area contributed by atoms with Gasteiger partial charge in [0.25, 0.3) is 0 Å². The van der Waals surface area contributed by atoms with Crippen LogP contribution in [0.15, 0.2) is 12.1 Å². The number of alkyl carbamates (subject to hydrolysis) is 1. The smallest absolute Gasteiger partial charge is 0.407 e. The highest BCUT2D eigenvalue weighted by Gasteiger charge is 2.44. The molecule has 0 spiro atoms. The molecule has 1 aliphatic carbocycles. The summed E-state index contributed by atoms with van der Waals surface area (Å²) in [5.41, 5.74) is -1.11. The van der Waals surface area contributed by atoms with Gasteiger partial charge in [-0.3, -0.25) is 14.4 Å². The van der Waals surface area contributed by atoms with Crippen LogP contribution >= 0.6 is 11.8 Å². The molecular weight excluding hydrogens is 684 g/mol. The third kappa shape index (κ3) is 12.0. The first kappa shape index (κ1) is 40.9. The van der Waals surface area contributed by atoms with Crippen molar-refractivity contribution in [3.8, 4) is 0 Å². The van der Waals surface area contributed by atoms with Gasteiger partial charge in [0.05, 0.1) is 12.2 Å². The molecule has 1 saturated heterocycles. The molecule has 1 aliphatic heterocycles. The van der Waals surface area contributed by atoms with Crippen LogP contribution in [0.2, 0.25) is 0 Å². The number of aromatic carboxylic acids is 1. The first-order valence-electron chi connectivity index (χ1n) is 17.0. The van der Waals surface area contributed by atoms with Gasteiger partial charge < -0.3 is 30.7 Å². The van der Waals surface area contributed by atoms with Gasteiger partial charge in [-0.15, -0.1) is 0 Å². The van der Waals surface area contributed by atoms with E-state index >= 15 is 0 Å². The number of ether oxygens (including phenoxy) is 1. The zero-order valence-corrected chi connectivity index (χ0v) is 29.6. The van der Waals surface area contributed by atoms with Gasteiger partial charge in [-0.1, -0.05) is 47.0 Å². The van der Waals surface area contributed by atoms with Crippen molar-refractivity contribution < 1.29 is 51.4 Å². The van der Waals surface area contributed by atoms with Crippen molar-refractivity contribution in [1.82, 2.24) is 20.9 Å². The minimum Gasteiger partial charge on any atom is -0.478 e. The van der Waals surface area contributed by atoms with Crippen molar-refractivity contribution in [1.29, 1.82) is 0 Å². The zero-order valence-electron chi connectivity index (χ0n) is 28.8. The molecule has 4 amide bonds. The lowest BCUT2D eigenvalue weighted by molar-refractivity contribution is -0.141. The maximum absolute atomic E-state index is 14.4. The number of carboxylic acids is 1. The van der Waals surface area contributed by atoms with E-state index in [2.05, 4.69) is 16.0 Å². The van der Waals surface area contributed by atoms with Crippen LogP contribution in [0.25, 0.3) is 0 Å². The van der Waals surface area contributed by atoms with Crippen LogP contribution in [0.5, 0.6) is 0 Å². The molecule has 0 unspecified atom stereocenters. The van der Waals surface area contributed by atoms with Crippen LogP contribution < -0.4 is 16.0 Å². The molecular formula is C34H48F4N4O7S. The number of alkyl halides is 2. The average molecular weight is 733 g/mol. The maximum Gasteiger partial charge on any atom is 0.407 e. The minimum absolute atomic E-state index is 0.0595. The molecule has 1 saturated carbocycles. The van der Waals surface area contributed by atoms with E-state index in [4.69, 9.17) is 9.84 Å². The number of nitrogens with one attached hydrogen (secondary N) is 3. The summed E-state index contributed by atoms with van der Waals surface area (Å²) >= 11 is 1.69. The lowest BCUT2D eigenvalue weighted by atomic mass is 10.0. The number of hydrogen-bond acceptors (Lipinski definition) is 7. The molecule has 1 aromatic carbocycles. The summed E-state index contributed by atoms with van der Waals surface area (Å²) in [7, 11) is 0. The van der Waals surface area contributed by atoms with E-state index in [-0.39, 0.29) is 30.7 Å². The monoisotopic (exact) mass is 732 g/mol. The first-order valence-corrected chi connectivity index (χ1v) is 18.0. The number of benzene rings is 1. The average Bonchev–Trinajstić information content (AvgIpc) is 3.47. The van der Waals surface area contributed by atoms with Gasteiger partial charge in [0.2, 0.25) is 24.1 Å². The number of hydrogen-bond donors (Lipinski definition) is 4. The van der Waals surface area contributed by atoms with Crippen LogP contribution in [-0.2, 0) is 25.5 Å². The van der Waals surface area contributed by atoms with Gasteiger partial charge in [0.1, 0.15) is 29.8 Å². The molecule has 1 heterocycles. The van der Waals surface area contributed by atoms with Crippen LogP contribution in [-0.4, -0.2) is 94.5 Å². The Bertz CT molecular complexity index is 1340. The Morgan fingerprint density at radius 3 is 2.18 bits per heavy atom. The molecule has 280 valence electrons. The fourth-order valence-electron chi connectivity index (χ4n) is 6.04. The summed E-state index contributed by atoms with van der Waals surface area (Å²) in [6.07, 6.45) is 0.209. The molecule has 0 radical (unpaired) electrons. The van der Waals surface area contributed by atoms with Crippen molar-refractivity contribution in [3.05, 3.63) is 34.9 Å². The Kier molecular flexibility index (Phi) is 15.7. The zero-order chi connectivity index (χ0) is 37.1. The number of rotatable bonds is 16. The number of carbonyl (C=O) groups is 5. The molecule has 2 aliphatic rings. The molecule has 11 nitrogen and oxygen atoms in total. The van der Waals surface area contributed by atoms with Crippen molar-refractivity contribution in [2.45, 2.75) is 114 Å². The standard InChI is InChI=1S/C34H48F4N4O7S/c1-18(2)17-49-34(48)41-29(19(3)4)32(45)42-16-22(50-21-8-6-5-7-9-21)14-27(42)31(44)40-26(15-28(37)38)30(43)39-11-10-23-24(35)12-20(33(46)47)13-25(23)36/h12-13,18-19,21-22,26-29H,5-11,14-17H2,1-4H3,(H,39,43)(H,40,44)(H,41,48)(H,46,47)/t22-,26+,27+,29+/m1/s1. The third-order valence-electron chi connectivity index (χ3n) is 8.65. The Hall–Kier alpha value is -3.56. The van der Waals surface area contributed by atoms with E-state index < -0.39 is 102 Å². The number of nitrogens with zero attached hydrogens (tertiary/aromatic N) is 1. The van der Waals surface area contributed by atoms with Crippen LogP contribution in [0.4, 0.5) is 22.4 Å². The van der Waals surface area contributed by atoms with Gasteiger partial charge in [0, 0.05) is 35.6 Å². The number of thioether (sulfide) groups is 1. The normalized spacial score (nSPS) is 19.4. The molecule has 3 rings (SSSR count). The Morgan fingerprint density at radius 2 is 1.62 bits per heavy atom. The van der Waals surface area contributed by atoms with Gasteiger partial charge in [-0.2, -0.15) is 11.8 Å². The molecule has 4 atom stereocenters. The Morgan fingerprint density at radius 1 is 0.980 bits per heavy atom. The van der Waals surface area contributed by atoms with Crippen LogP contribution in [0, 0.1) is 23.5 Å². The SMILES string of the molecule is CC(C)COC(=O)N[C@H](C(=O)N1C[C@H](SC2CCCCC2)C[C@H]1C(=O)N[C@@H](CC(F)F)C(=O)NCCc1c(F)cc(C(=O)O)cc1F)C(C)C. The van der Waals surface area contributed by atoms with E-state index in [9.17, 15) is 41.5 Å². The highest BCUT2D eigenvalue weighted by molar-refractivity contribution is 8.00. The third-order valence-corrected chi connectivity index (χ3v) is 10.2. The molecule has 2 fully saturated rings. The second-order valence-corrected chi connectivity index (χ2v) is 15.2. The van der Waals surface area contributed by atoms with Gasteiger partial charge >= 0.3 is 12.1 Å². The van der Waals surface area contributed by atoms with E-state index in [1.807, 2.05) is 13.8 Å². The first-order chi connectivity index (χ1) is 23.6. The highest BCUT2D eigenvalue weighted by Crippen LogP contribution is 2.37. The lowest BCUT2D eigenvalue weighted by Gasteiger charge is -2.31. The minimum atomic E-state index is -3.01. The second-order valence-electron chi connectivity index (χ2n) is 13.6. The summed E-state index contributed by atoms with van der Waals surface area (Å²) < 4.78 is 61.2. The number of halogens is 4. The largest absolute Gasteiger partial charge is 0.478 e.